The summed E-state index contributed by atoms with van der Waals surface area (Å²) in [6.07, 6.45) is 7.07. The van der Waals surface area contributed by atoms with Gasteiger partial charge in [-0.05, 0) is 69.2 Å². The van der Waals surface area contributed by atoms with Crippen LogP contribution in [-0.4, -0.2) is 36.6 Å². The highest BCUT2D eigenvalue weighted by molar-refractivity contribution is 4.89. The van der Waals surface area contributed by atoms with Crippen LogP contribution in [0.4, 0.5) is 0 Å². The third-order valence-corrected chi connectivity index (χ3v) is 6.15. The number of nitrogens with zero attached hydrogens (tertiary/aromatic N) is 1. The predicted octanol–water partition coefficient (Wildman–Crippen LogP) is 4.16. The molecule has 0 spiro atoms. The van der Waals surface area contributed by atoms with Gasteiger partial charge >= 0.3 is 0 Å². The van der Waals surface area contributed by atoms with Crippen LogP contribution >= 0.6 is 0 Å². The number of hydrogen-bond acceptors (Lipinski definition) is 2. The van der Waals surface area contributed by atoms with Crippen molar-refractivity contribution in [2.45, 2.75) is 78.8 Å². The van der Waals surface area contributed by atoms with Gasteiger partial charge in [0.25, 0.3) is 0 Å². The van der Waals surface area contributed by atoms with E-state index in [0.29, 0.717) is 0 Å². The van der Waals surface area contributed by atoms with Gasteiger partial charge in [-0.15, -0.1) is 0 Å². The van der Waals surface area contributed by atoms with Gasteiger partial charge < -0.3 is 10.2 Å². The summed E-state index contributed by atoms with van der Waals surface area (Å²) in [6.45, 7) is 15.7. The zero-order valence-electron chi connectivity index (χ0n) is 15.1. The summed E-state index contributed by atoms with van der Waals surface area (Å²) in [5.74, 6) is 3.55. The molecule has 5 atom stereocenters. The highest BCUT2D eigenvalue weighted by Gasteiger charge is 2.34. The van der Waals surface area contributed by atoms with Crippen LogP contribution in [0.2, 0.25) is 0 Å². The Morgan fingerprint density at radius 2 is 1.86 bits per heavy atom. The van der Waals surface area contributed by atoms with E-state index >= 15 is 0 Å². The van der Waals surface area contributed by atoms with E-state index in [4.69, 9.17) is 0 Å². The van der Waals surface area contributed by atoms with Gasteiger partial charge in [0.05, 0.1) is 0 Å². The molecule has 0 aromatic rings. The lowest BCUT2D eigenvalue weighted by Gasteiger charge is -2.44. The maximum absolute atomic E-state index is 3.78. The second-order valence-corrected chi connectivity index (χ2v) is 8.23. The van der Waals surface area contributed by atoms with Crippen LogP contribution in [0.25, 0.3) is 0 Å². The fraction of sp³-hybridized carbons (Fsp3) is 1.00. The standard InChI is InChI=1S/C19H38N2/c1-6-20-19-10-9-17(14(2)3)11-18(19)13-21-12-15(4)7-8-16(21)5/h14-20H,6-13H2,1-5H3. The molecule has 1 N–H and O–H groups in total. The van der Waals surface area contributed by atoms with E-state index < -0.39 is 0 Å². The van der Waals surface area contributed by atoms with Crippen LogP contribution < -0.4 is 5.32 Å². The smallest absolute Gasteiger partial charge is 0.0108 e. The maximum Gasteiger partial charge on any atom is 0.0108 e. The molecule has 2 aliphatic rings. The molecule has 0 radical (unpaired) electrons. The summed E-state index contributed by atoms with van der Waals surface area (Å²) in [5.41, 5.74) is 0. The average Bonchev–Trinajstić information content (AvgIpc) is 2.44. The second-order valence-electron chi connectivity index (χ2n) is 8.23. The lowest BCUT2D eigenvalue weighted by Crippen LogP contribution is -2.50. The topological polar surface area (TPSA) is 15.3 Å². The number of likely N-dealkylation sites (tertiary alicyclic amines) is 1. The van der Waals surface area contributed by atoms with Crippen LogP contribution in [0.3, 0.4) is 0 Å². The second kappa shape index (κ2) is 7.97. The van der Waals surface area contributed by atoms with Crippen molar-refractivity contribution < 1.29 is 0 Å². The molecule has 2 rings (SSSR count). The monoisotopic (exact) mass is 294 g/mol. The largest absolute Gasteiger partial charge is 0.314 e. The molecular weight excluding hydrogens is 256 g/mol. The first-order valence-corrected chi connectivity index (χ1v) is 9.48. The molecule has 5 unspecified atom stereocenters. The number of rotatable bonds is 5. The molecule has 2 fully saturated rings. The van der Waals surface area contributed by atoms with Gasteiger partial charge in [-0.25, -0.2) is 0 Å². The molecule has 1 aliphatic carbocycles. The van der Waals surface area contributed by atoms with Crippen LogP contribution in [0.15, 0.2) is 0 Å². The zero-order chi connectivity index (χ0) is 15.4. The summed E-state index contributed by atoms with van der Waals surface area (Å²) in [5, 5.41) is 3.78. The first-order valence-electron chi connectivity index (χ1n) is 9.48. The van der Waals surface area contributed by atoms with Crippen LogP contribution in [0.5, 0.6) is 0 Å². The fourth-order valence-corrected chi connectivity index (χ4v) is 4.57. The van der Waals surface area contributed by atoms with E-state index in [1.54, 1.807) is 0 Å². The first kappa shape index (κ1) is 17.3. The Bertz CT molecular complexity index is 302. The number of hydrogen-bond donors (Lipinski definition) is 1. The fourth-order valence-electron chi connectivity index (χ4n) is 4.57. The Morgan fingerprint density at radius 3 is 2.52 bits per heavy atom. The van der Waals surface area contributed by atoms with E-state index in [-0.39, 0.29) is 0 Å². The Kier molecular flexibility index (Phi) is 6.55. The molecule has 2 nitrogen and oxygen atoms in total. The molecular formula is C19H38N2. The van der Waals surface area contributed by atoms with Crippen molar-refractivity contribution in [2.75, 3.05) is 19.6 Å². The molecule has 21 heavy (non-hydrogen) atoms. The summed E-state index contributed by atoms with van der Waals surface area (Å²) >= 11 is 0. The summed E-state index contributed by atoms with van der Waals surface area (Å²) in [4.78, 5) is 2.80. The molecule has 1 saturated heterocycles. The minimum absolute atomic E-state index is 0.759. The van der Waals surface area contributed by atoms with E-state index in [0.717, 1.165) is 42.3 Å². The molecule has 1 aliphatic heterocycles. The van der Waals surface area contributed by atoms with Crippen molar-refractivity contribution >= 4 is 0 Å². The molecule has 0 aromatic heterocycles. The van der Waals surface area contributed by atoms with Crippen molar-refractivity contribution in [3.8, 4) is 0 Å². The van der Waals surface area contributed by atoms with Gasteiger partial charge in [-0.3, -0.25) is 0 Å². The predicted molar refractivity (Wildman–Crippen MR) is 92.6 cm³/mol. The molecule has 0 aromatic carbocycles. The minimum Gasteiger partial charge on any atom is -0.314 e. The third-order valence-electron chi connectivity index (χ3n) is 6.15. The maximum atomic E-state index is 3.78. The molecule has 1 saturated carbocycles. The average molecular weight is 295 g/mol. The highest BCUT2D eigenvalue weighted by Crippen LogP contribution is 2.35. The van der Waals surface area contributed by atoms with Crippen molar-refractivity contribution in [2.24, 2.45) is 23.7 Å². The van der Waals surface area contributed by atoms with E-state index in [1.807, 2.05) is 0 Å². The quantitative estimate of drug-likeness (QED) is 0.819. The van der Waals surface area contributed by atoms with E-state index in [9.17, 15) is 0 Å². The van der Waals surface area contributed by atoms with Crippen molar-refractivity contribution in [3.05, 3.63) is 0 Å². The molecule has 2 heteroatoms. The molecule has 1 heterocycles. The molecule has 124 valence electrons. The van der Waals surface area contributed by atoms with Crippen LogP contribution in [0, 0.1) is 23.7 Å². The Hall–Kier alpha value is -0.0800. The van der Waals surface area contributed by atoms with Gasteiger partial charge in [-0.2, -0.15) is 0 Å². The van der Waals surface area contributed by atoms with Gasteiger partial charge in [0.1, 0.15) is 0 Å². The Balaban J connectivity index is 1.97. The molecule has 0 amide bonds. The zero-order valence-corrected chi connectivity index (χ0v) is 15.1. The van der Waals surface area contributed by atoms with Crippen molar-refractivity contribution in [1.29, 1.82) is 0 Å². The van der Waals surface area contributed by atoms with Gasteiger partial charge in [0, 0.05) is 25.2 Å². The normalized spacial score (nSPS) is 38.9. The number of piperidine rings is 1. The van der Waals surface area contributed by atoms with Crippen molar-refractivity contribution in [1.82, 2.24) is 10.2 Å². The van der Waals surface area contributed by atoms with Crippen LogP contribution in [0.1, 0.15) is 66.7 Å². The van der Waals surface area contributed by atoms with Crippen molar-refractivity contribution in [3.63, 3.8) is 0 Å². The van der Waals surface area contributed by atoms with E-state index in [2.05, 4.69) is 44.8 Å². The molecule has 0 bridgehead atoms. The minimum atomic E-state index is 0.759. The van der Waals surface area contributed by atoms with E-state index in [1.165, 1.54) is 45.2 Å². The first-order chi connectivity index (χ1) is 10.0. The van der Waals surface area contributed by atoms with Crippen LogP contribution in [-0.2, 0) is 0 Å². The SMILES string of the molecule is CCNC1CCC(C(C)C)CC1CN1CC(C)CCC1C. The highest BCUT2D eigenvalue weighted by atomic mass is 15.2. The van der Waals surface area contributed by atoms with Gasteiger partial charge in [0.2, 0.25) is 0 Å². The lowest BCUT2D eigenvalue weighted by atomic mass is 9.73. The Labute approximate surface area is 133 Å². The summed E-state index contributed by atoms with van der Waals surface area (Å²) < 4.78 is 0. The van der Waals surface area contributed by atoms with Gasteiger partial charge in [0.15, 0.2) is 0 Å². The Morgan fingerprint density at radius 1 is 1.10 bits per heavy atom. The summed E-state index contributed by atoms with van der Waals surface area (Å²) in [6, 6.07) is 1.55. The third kappa shape index (κ3) is 4.69. The summed E-state index contributed by atoms with van der Waals surface area (Å²) in [7, 11) is 0. The lowest BCUT2D eigenvalue weighted by molar-refractivity contribution is 0.0674. The van der Waals surface area contributed by atoms with Gasteiger partial charge in [-0.1, -0.05) is 27.7 Å². The number of nitrogens with one attached hydrogen (secondary N) is 1.